The Bertz CT molecular complexity index is 536. The lowest BCUT2D eigenvalue weighted by atomic mass is 10.1. The average Bonchev–Trinajstić information content (AvgIpc) is 2.41. The number of aliphatic carboxylic acids is 1. The van der Waals surface area contributed by atoms with Gasteiger partial charge in [-0.3, -0.25) is 9.59 Å². The molecule has 0 aliphatic rings. The van der Waals surface area contributed by atoms with Crippen molar-refractivity contribution in [1.29, 1.82) is 0 Å². The quantitative estimate of drug-likeness (QED) is 0.871. The molecule has 0 aliphatic heterocycles. The highest BCUT2D eigenvalue weighted by molar-refractivity contribution is 5.81. The Morgan fingerprint density at radius 3 is 2.43 bits per heavy atom. The second-order valence-corrected chi connectivity index (χ2v) is 4.79. The van der Waals surface area contributed by atoms with Crippen molar-refractivity contribution in [2.45, 2.75) is 20.0 Å². The van der Waals surface area contributed by atoms with Gasteiger partial charge in [-0.25, -0.2) is 8.78 Å². The molecule has 0 fully saturated rings. The van der Waals surface area contributed by atoms with E-state index in [1.165, 1.54) is 31.9 Å². The summed E-state index contributed by atoms with van der Waals surface area (Å²) in [6.45, 7) is 2.96. The van der Waals surface area contributed by atoms with Gasteiger partial charge in [0.15, 0.2) is 17.7 Å². The molecule has 0 saturated heterocycles. The normalized spacial score (nSPS) is 13.4. The highest BCUT2D eigenvalue weighted by Gasteiger charge is 2.23. The van der Waals surface area contributed by atoms with Crippen molar-refractivity contribution in [3.8, 4) is 5.75 Å². The number of hydrogen-bond acceptors (Lipinski definition) is 3. The van der Waals surface area contributed by atoms with E-state index in [9.17, 15) is 18.4 Å². The van der Waals surface area contributed by atoms with Gasteiger partial charge in [-0.1, -0.05) is 6.92 Å². The number of likely N-dealkylation sites (N-methyl/N-ethyl adjacent to an activating group) is 1. The van der Waals surface area contributed by atoms with Crippen LogP contribution in [0.15, 0.2) is 18.2 Å². The number of carbonyl (C=O) groups excluding carboxylic acids is 1. The van der Waals surface area contributed by atoms with E-state index >= 15 is 0 Å². The molecule has 0 heterocycles. The molecule has 116 valence electrons. The Hall–Kier alpha value is -2.18. The van der Waals surface area contributed by atoms with Crippen molar-refractivity contribution in [2.24, 2.45) is 5.92 Å². The lowest BCUT2D eigenvalue weighted by Gasteiger charge is -2.23. The van der Waals surface area contributed by atoms with Crippen LogP contribution >= 0.6 is 0 Å². The van der Waals surface area contributed by atoms with Crippen molar-refractivity contribution in [3.63, 3.8) is 0 Å². The van der Waals surface area contributed by atoms with Crippen LogP contribution < -0.4 is 4.74 Å². The minimum absolute atomic E-state index is 0.0226. The summed E-state index contributed by atoms with van der Waals surface area (Å²) in [6, 6.07) is 2.96. The topological polar surface area (TPSA) is 66.8 Å². The van der Waals surface area contributed by atoms with E-state index in [0.717, 1.165) is 12.1 Å². The third kappa shape index (κ3) is 4.70. The van der Waals surface area contributed by atoms with Gasteiger partial charge < -0.3 is 14.7 Å². The second kappa shape index (κ2) is 7.01. The van der Waals surface area contributed by atoms with E-state index in [1.54, 1.807) is 0 Å². The number of benzene rings is 1. The molecule has 1 aromatic rings. The lowest BCUT2D eigenvalue weighted by molar-refractivity contribution is -0.144. The van der Waals surface area contributed by atoms with Crippen LogP contribution in [0.2, 0.25) is 0 Å². The molecule has 5 nitrogen and oxygen atoms in total. The van der Waals surface area contributed by atoms with Crippen molar-refractivity contribution in [3.05, 3.63) is 29.8 Å². The zero-order chi connectivity index (χ0) is 16.2. The van der Waals surface area contributed by atoms with E-state index in [4.69, 9.17) is 9.84 Å². The van der Waals surface area contributed by atoms with Gasteiger partial charge in [0.05, 0.1) is 5.92 Å². The lowest BCUT2D eigenvalue weighted by Crippen LogP contribution is -2.41. The monoisotopic (exact) mass is 301 g/mol. The average molecular weight is 301 g/mol. The molecule has 0 aromatic heterocycles. The zero-order valence-electron chi connectivity index (χ0n) is 12.0. The Labute approximate surface area is 121 Å². The molecule has 0 radical (unpaired) electrons. The summed E-state index contributed by atoms with van der Waals surface area (Å²) in [4.78, 5) is 24.0. The fraction of sp³-hybridized carbons (Fsp3) is 0.429. The summed E-state index contributed by atoms with van der Waals surface area (Å²) < 4.78 is 31.0. The van der Waals surface area contributed by atoms with Gasteiger partial charge >= 0.3 is 5.97 Å². The third-order valence-electron chi connectivity index (χ3n) is 2.90. The Kier molecular flexibility index (Phi) is 5.63. The number of hydrogen-bond donors (Lipinski definition) is 1. The van der Waals surface area contributed by atoms with Crippen LogP contribution in [0.25, 0.3) is 0 Å². The van der Waals surface area contributed by atoms with E-state index < -0.39 is 35.5 Å². The van der Waals surface area contributed by atoms with Crippen molar-refractivity contribution >= 4 is 11.9 Å². The maximum atomic E-state index is 13.0. The minimum Gasteiger partial charge on any atom is -0.481 e. The highest BCUT2D eigenvalue weighted by Crippen LogP contribution is 2.17. The van der Waals surface area contributed by atoms with Crippen molar-refractivity contribution in [1.82, 2.24) is 4.90 Å². The number of rotatable bonds is 6. The van der Waals surface area contributed by atoms with Crippen LogP contribution in [0.4, 0.5) is 8.78 Å². The van der Waals surface area contributed by atoms with Crippen molar-refractivity contribution in [2.75, 3.05) is 13.6 Å². The van der Waals surface area contributed by atoms with Crippen LogP contribution in [-0.2, 0) is 9.59 Å². The van der Waals surface area contributed by atoms with E-state index in [0.29, 0.717) is 0 Å². The molecule has 0 bridgehead atoms. The van der Waals surface area contributed by atoms with Gasteiger partial charge in [-0.05, 0) is 19.1 Å². The fourth-order valence-electron chi connectivity index (χ4n) is 1.69. The summed E-state index contributed by atoms with van der Waals surface area (Å²) in [6.07, 6.45) is -0.944. The summed E-state index contributed by atoms with van der Waals surface area (Å²) in [7, 11) is 1.45. The van der Waals surface area contributed by atoms with Gasteiger partial charge in [-0.2, -0.15) is 0 Å². The van der Waals surface area contributed by atoms with Gasteiger partial charge in [0, 0.05) is 19.7 Å². The molecule has 0 spiro atoms. The van der Waals surface area contributed by atoms with Crippen LogP contribution in [0.5, 0.6) is 5.75 Å². The van der Waals surface area contributed by atoms with E-state index in [1.807, 2.05) is 0 Å². The second-order valence-electron chi connectivity index (χ2n) is 4.79. The zero-order valence-corrected chi connectivity index (χ0v) is 12.0. The van der Waals surface area contributed by atoms with Crippen molar-refractivity contribution < 1.29 is 28.2 Å². The molecule has 0 aliphatic carbocycles. The standard InChI is InChI=1S/C14H17F2NO4/c1-8(14(19)20)7-17(3)13(18)9(2)21-10-4-5-11(15)12(16)6-10/h4-6,8-9H,7H2,1-3H3,(H,19,20). The number of carbonyl (C=O) groups is 2. The summed E-state index contributed by atoms with van der Waals surface area (Å²) in [5.74, 6) is -4.23. The van der Waals surface area contributed by atoms with E-state index in [-0.39, 0.29) is 12.3 Å². The number of halogens is 2. The SMILES string of the molecule is CC(CN(C)C(=O)C(C)Oc1ccc(F)c(F)c1)C(=O)O. The molecule has 1 rings (SSSR count). The molecule has 1 N–H and O–H groups in total. The number of ether oxygens (including phenoxy) is 1. The first kappa shape index (κ1) is 16.9. The molecular weight excluding hydrogens is 284 g/mol. The Morgan fingerprint density at radius 2 is 1.90 bits per heavy atom. The number of carboxylic acids is 1. The first-order valence-electron chi connectivity index (χ1n) is 6.32. The van der Waals surface area contributed by atoms with Crippen LogP contribution in [0.3, 0.4) is 0 Å². The first-order valence-corrected chi connectivity index (χ1v) is 6.32. The number of carboxylic acid groups (broad SMARTS) is 1. The number of nitrogens with zero attached hydrogens (tertiary/aromatic N) is 1. The molecule has 2 atom stereocenters. The molecule has 0 saturated carbocycles. The molecule has 2 unspecified atom stereocenters. The van der Waals surface area contributed by atoms with Gasteiger partial charge in [0.1, 0.15) is 5.75 Å². The maximum Gasteiger partial charge on any atom is 0.308 e. The van der Waals surface area contributed by atoms with E-state index in [2.05, 4.69) is 0 Å². The van der Waals surface area contributed by atoms with Gasteiger partial charge in [-0.15, -0.1) is 0 Å². The van der Waals surface area contributed by atoms with Gasteiger partial charge in [0.25, 0.3) is 5.91 Å². The fourth-order valence-corrected chi connectivity index (χ4v) is 1.69. The first-order chi connectivity index (χ1) is 9.72. The predicted octanol–water partition coefficient (Wildman–Crippen LogP) is 1.91. The summed E-state index contributed by atoms with van der Waals surface area (Å²) in [5.41, 5.74) is 0. The highest BCUT2D eigenvalue weighted by atomic mass is 19.2. The molecule has 1 aromatic carbocycles. The summed E-state index contributed by atoms with van der Waals surface area (Å²) >= 11 is 0. The third-order valence-corrected chi connectivity index (χ3v) is 2.90. The smallest absolute Gasteiger partial charge is 0.308 e. The number of amides is 1. The van der Waals surface area contributed by atoms with Gasteiger partial charge in [0.2, 0.25) is 0 Å². The molecule has 7 heteroatoms. The predicted molar refractivity (Wildman–Crippen MR) is 70.9 cm³/mol. The Balaban J connectivity index is 2.65. The minimum atomic E-state index is -1.07. The van der Waals surface area contributed by atoms with Crippen LogP contribution in [0, 0.1) is 17.6 Å². The molecule has 1 amide bonds. The largest absolute Gasteiger partial charge is 0.481 e. The molecule has 21 heavy (non-hydrogen) atoms. The summed E-state index contributed by atoms with van der Waals surface area (Å²) in [5, 5.41) is 8.80. The Morgan fingerprint density at radius 1 is 1.29 bits per heavy atom. The maximum absolute atomic E-state index is 13.0. The van der Waals surface area contributed by atoms with Crippen LogP contribution in [0.1, 0.15) is 13.8 Å². The van der Waals surface area contributed by atoms with Crippen LogP contribution in [-0.4, -0.2) is 41.6 Å². The molecular formula is C14H17F2NO4.